The number of aromatic nitrogens is 1. The predicted octanol–water partition coefficient (Wildman–Crippen LogP) is 5.19. The van der Waals surface area contributed by atoms with Crippen molar-refractivity contribution in [3.8, 4) is 0 Å². The standard InChI is InChI=1S/C26H28N2O6S/c1-5-32-25(30)21-18-12-11-14(2)13-19(18)35-24(21)27-23(29)22(17-9-7-6-8-10-17)33-26(31)20-15(3)28-34-16(20)4/h6-10,14,22H,5,11-13H2,1-4H3,(H,27,29). The van der Waals surface area contributed by atoms with Crippen LogP contribution in [0.25, 0.3) is 0 Å². The molecule has 8 nitrogen and oxygen atoms in total. The number of benzene rings is 1. The van der Waals surface area contributed by atoms with Crippen LogP contribution in [0.4, 0.5) is 5.00 Å². The van der Waals surface area contributed by atoms with E-state index in [-0.39, 0.29) is 12.2 Å². The van der Waals surface area contributed by atoms with Gasteiger partial charge in [-0.15, -0.1) is 11.3 Å². The molecule has 4 rings (SSSR count). The number of carbonyl (C=O) groups is 3. The second-order valence-corrected chi connectivity index (χ2v) is 9.77. The molecule has 1 aliphatic rings. The number of esters is 2. The fourth-order valence-electron chi connectivity index (χ4n) is 4.28. The van der Waals surface area contributed by atoms with Gasteiger partial charge >= 0.3 is 11.9 Å². The third-order valence-corrected chi connectivity index (χ3v) is 7.20. The Kier molecular flexibility index (Phi) is 7.35. The van der Waals surface area contributed by atoms with Gasteiger partial charge in [-0.25, -0.2) is 9.59 Å². The van der Waals surface area contributed by atoms with Crippen LogP contribution < -0.4 is 5.32 Å². The maximum atomic E-state index is 13.5. The summed E-state index contributed by atoms with van der Waals surface area (Å²) in [4.78, 5) is 40.4. The molecule has 0 spiro atoms. The lowest BCUT2D eigenvalue weighted by atomic mass is 9.88. The molecular formula is C26H28N2O6S. The molecule has 1 aliphatic carbocycles. The quantitative estimate of drug-likeness (QED) is 0.448. The lowest BCUT2D eigenvalue weighted by Gasteiger charge is -2.19. The first kappa shape index (κ1) is 24.7. The van der Waals surface area contributed by atoms with Crippen molar-refractivity contribution in [2.24, 2.45) is 5.92 Å². The van der Waals surface area contributed by atoms with E-state index >= 15 is 0 Å². The summed E-state index contributed by atoms with van der Waals surface area (Å²) in [6.07, 6.45) is 1.31. The molecule has 9 heteroatoms. The van der Waals surface area contributed by atoms with Crippen LogP contribution in [0.1, 0.15) is 74.5 Å². The molecule has 0 aliphatic heterocycles. The van der Waals surface area contributed by atoms with Crippen molar-refractivity contribution in [2.75, 3.05) is 11.9 Å². The van der Waals surface area contributed by atoms with Crippen molar-refractivity contribution >= 4 is 34.2 Å². The maximum Gasteiger partial charge on any atom is 0.344 e. The Morgan fingerprint density at radius 1 is 1.17 bits per heavy atom. The van der Waals surface area contributed by atoms with E-state index in [1.807, 2.05) is 6.07 Å². The summed E-state index contributed by atoms with van der Waals surface area (Å²) in [5.74, 6) is -0.931. The lowest BCUT2D eigenvalue weighted by Crippen LogP contribution is -2.26. The Hall–Kier alpha value is -3.46. The largest absolute Gasteiger partial charge is 0.462 e. The molecule has 3 aromatic rings. The summed E-state index contributed by atoms with van der Waals surface area (Å²) in [6.45, 7) is 7.39. The van der Waals surface area contributed by atoms with Gasteiger partial charge in [-0.2, -0.15) is 0 Å². The predicted molar refractivity (Wildman–Crippen MR) is 131 cm³/mol. The van der Waals surface area contributed by atoms with E-state index in [0.717, 1.165) is 29.7 Å². The van der Waals surface area contributed by atoms with Gasteiger partial charge in [0, 0.05) is 10.4 Å². The van der Waals surface area contributed by atoms with E-state index in [2.05, 4.69) is 17.4 Å². The van der Waals surface area contributed by atoms with Gasteiger partial charge in [0.05, 0.1) is 17.9 Å². The average molecular weight is 497 g/mol. The Balaban J connectivity index is 1.67. The third-order valence-electron chi connectivity index (χ3n) is 6.03. The Bertz CT molecular complexity index is 1230. The van der Waals surface area contributed by atoms with Crippen molar-refractivity contribution in [1.29, 1.82) is 0 Å². The molecule has 0 bridgehead atoms. The van der Waals surface area contributed by atoms with Crippen molar-refractivity contribution < 1.29 is 28.4 Å². The van der Waals surface area contributed by atoms with Gasteiger partial charge < -0.3 is 19.3 Å². The number of rotatable bonds is 7. The van der Waals surface area contributed by atoms with Crippen molar-refractivity contribution in [2.45, 2.75) is 53.1 Å². The van der Waals surface area contributed by atoms with Gasteiger partial charge in [-0.05, 0) is 51.5 Å². The van der Waals surface area contributed by atoms with E-state index in [4.69, 9.17) is 14.0 Å². The summed E-state index contributed by atoms with van der Waals surface area (Å²) in [6, 6.07) is 8.74. The van der Waals surface area contributed by atoms with Crippen LogP contribution in [-0.4, -0.2) is 29.6 Å². The number of aryl methyl sites for hydroxylation is 2. The summed E-state index contributed by atoms with van der Waals surface area (Å²) in [7, 11) is 0. The molecule has 0 radical (unpaired) electrons. The molecule has 2 heterocycles. The van der Waals surface area contributed by atoms with Crippen molar-refractivity contribution in [3.05, 3.63) is 68.9 Å². The minimum absolute atomic E-state index is 0.187. The molecule has 2 atom stereocenters. The van der Waals surface area contributed by atoms with Gasteiger partial charge in [0.1, 0.15) is 16.3 Å². The summed E-state index contributed by atoms with van der Waals surface area (Å²) in [5, 5.41) is 7.08. The maximum absolute atomic E-state index is 13.5. The molecule has 35 heavy (non-hydrogen) atoms. The second kappa shape index (κ2) is 10.4. The Morgan fingerprint density at radius 2 is 1.91 bits per heavy atom. The second-order valence-electron chi connectivity index (χ2n) is 8.66. The smallest absolute Gasteiger partial charge is 0.344 e. The first-order valence-corrected chi connectivity index (χ1v) is 12.4. The van der Waals surface area contributed by atoms with E-state index in [1.54, 1.807) is 45.0 Å². The van der Waals surface area contributed by atoms with Crippen LogP contribution >= 0.6 is 11.3 Å². The average Bonchev–Trinajstić information content (AvgIpc) is 3.36. The highest BCUT2D eigenvalue weighted by molar-refractivity contribution is 7.17. The van der Waals surface area contributed by atoms with Crippen LogP contribution in [0.15, 0.2) is 34.9 Å². The first-order chi connectivity index (χ1) is 16.8. The highest BCUT2D eigenvalue weighted by Crippen LogP contribution is 2.40. The zero-order chi connectivity index (χ0) is 25.1. The number of ether oxygens (including phenoxy) is 2. The molecule has 1 N–H and O–H groups in total. The third kappa shape index (κ3) is 5.14. The van der Waals surface area contributed by atoms with Crippen LogP contribution in [0.5, 0.6) is 0 Å². The number of thiophene rings is 1. The van der Waals surface area contributed by atoms with E-state index in [9.17, 15) is 14.4 Å². The molecule has 2 unspecified atom stereocenters. The number of fused-ring (bicyclic) bond motifs is 1. The number of nitrogens with zero attached hydrogens (tertiary/aromatic N) is 1. The zero-order valence-electron chi connectivity index (χ0n) is 20.2. The van der Waals surface area contributed by atoms with Gasteiger partial charge in [0.25, 0.3) is 5.91 Å². The van der Waals surface area contributed by atoms with Gasteiger partial charge in [-0.1, -0.05) is 42.4 Å². The normalized spacial score (nSPS) is 15.7. The number of hydrogen-bond acceptors (Lipinski definition) is 8. The number of carbonyl (C=O) groups excluding carboxylic acids is 3. The van der Waals surface area contributed by atoms with Crippen molar-refractivity contribution in [3.63, 3.8) is 0 Å². The number of anilines is 1. The van der Waals surface area contributed by atoms with E-state index < -0.39 is 23.9 Å². The lowest BCUT2D eigenvalue weighted by molar-refractivity contribution is -0.125. The van der Waals surface area contributed by atoms with E-state index in [1.165, 1.54) is 11.3 Å². The van der Waals surface area contributed by atoms with Crippen LogP contribution in [-0.2, 0) is 27.1 Å². The number of amides is 1. The molecule has 0 saturated carbocycles. The molecule has 1 amide bonds. The van der Waals surface area contributed by atoms with Crippen LogP contribution in [0.3, 0.4) is 0 Å². The topological polar surface area (TPSA) is 108 Å². The molecule has 1 aromatic carbocycles. The van der Waals surface area contributed by atoms with Gasteiger partial charge in [-0.3, -0.25) is 4.79 Å². The first-order valence-electron chi connectivity index (χ1n) is 11.6. The SMILES string of the molecule is CCOC(=O)c1c(NC(=O)C(OC(=O)c2c(C)noc2C)c2ccccc2)sc2c1CCC(C)C2. The monoisotopic (exact) mass is 496 g/mol. The van der Waals surface area contributed by atoms with Crippen molar-refractivity contribution in [1.82, 2.24) is 5.16 Å². The minimum Gasteiger partial charge on any atom is -0.462 e. The highest BCUT2D eigenvalue weighted by atomic mass is 32.1. The minimum atomic E-state index is -1.24. The zero-order valence-corrected chi connectivity index (χ0v) is 21.0. The highest BCUT2D eigenvalue weighted by Gasteiger charge is 2.33. The number of nitrogens with one attached hydrogen (secondary N) is 1. The molecule has 184 valence electrons. The van der Waals surface area contributed by atoms with Gasteiger partial charge in [0.2, 0.25) is 6.10 Å². The summed E-state index contributed by atoms with van der Waals surface area (Å²) < 4.78 is 16.1. The molecule has 0 saturated heterocycles. The summed E-state index contributed by atoms with van der Waals surface area (Å²) in [5.41, 5.74) is 2.40. The van der Waals surface area contributed by atoms with Crippen LogP contribution in [0, 0.1) is 19.8 Å². The Morgan fingerprint density at radius 3 is 2.57 bits per heavy atom. The number of hydrogen-bond donors (Lipinski definition) is 1. The molecule has 0 fully saturated rings. The summed E-state index contributed by atoms with van der Waals surface area (Å²) >= 11 is 1.38. The molecular weight excluding hydrogens is 468 g/mol. The van der Waals surface area contributed by atoms with E-state index in [0.29, 0.717) is 33.5 Å². The Labute approximate surface area is 207 Å². The van der Waals surface area contributed by atoms with Crippen LogP contribution in [0.2, 0.25) is 0 Å². The molecule has 2 aromatic heterocycles. The fourth-order valence-corrected chi connectivity index (χ4v) is 5.68. The fraction of sp³-hybridized carbons (Fsp3) is 0.385. The van der Waals surface area contributed by atoms with Gasteiger partial charge in [0.15, 0.2) is 0 Å².